The van der Waals surface area contributed by atoms with Gasteiger partial charge in [0.05, 0.1) is 0 Å². The highest BCUT2D eigenvalue weighted by atomic mass is 28.3. The molecule has 0 saturated carbocycles. The molecule has 5 aromatic carbocycles. The monoisotopic (exact) mass is 450 g/mol. The molecular weight excluding hydrogens is 423 g/mol. The van der Waals surface area contributed by atoms with Gasteiger partial charge < -0.3 is 0 Å². The van der Waals surface area contributed by atoms with Crippen molar-refractivity contribution in [2.45, 2.75) is 13.1 Å². The van der Waals surface area contributed by atoms with Crippen molar-refractivity contribution in [3.8, 4) is 22.3 Å². The molecule has 0 aromatic heterocycles. The van der Waals surface area contributed by atoms with E-state index >= 15 is 0 Å². The van der Waals surface area contributed by atoms with Crippen LogP contribution in [0.4, 0.5) is 0 Å². The maximum Gasteiger partial charge on any atom is 0.242 e. The molecule has 1 aliphatic rings. The Kier molecular flexibility index (Phi) is 5.12. The Morgan fingerprint density at radius 2 is 0.853 bits per heavy atom. The smallest absolute Gasteiger partial charge is 0.0689 e. The van der Waals surface area contributed by atoms with Crippen LogP contribution in [0.2, 0.25) is 13.1 Å². The summed E-state index contributed by atoms with van der Waals surface area (Å²) in [6, 6.07) is 47.0. The highest BCUT2D eigenvalue weighted by molar-refractivity contribution is 7.14. The van der Waals surface area contributed by atoms with Crippen LogP contribution in [0.1, 0.15) is 0 Å². The van der Waals surface area contributed by atoms with Crippen molar-refractivity contribution in [1.29, 1.82) is 0 Å². The quantitative estimate of drug-likeness (QED) is 0.351. The summed E-state index contributed by atoms with van der Waals surface area (Å²) in [6.45, 7) is 5.20. The van der Waals surface area contributed by atoms with E-state index in [9.17, 15) is 0 Å². The van der Waals surface area contributed by atoms with Crippen LogP contribution in [0.15, 0.2) is 127 Å². The van der Waals surface area contributed by atoms with Crippen molar-refractivity contribution in [3.05, 3.63) is 127 Å². The summed E-state index contributed by atoms with van der Waals surface area (Å²) < 4.78 is 0. The fraction of sp³-hybridized carbons (Fsp3) is 0.0625. The van der Waals surface area contributed by atoms with E-state index < -0.39 is 8.07 Å². The van der Waals surface area contributed by atoms with Crippen LogP contribution in [-0.2, 0) is 0 Å². The summed E-state index contributed by atoms with van der Waals surface area (Å²) in [5.74, 6) is 0. The summed E-state index contributed by atoms with van der Waals surface area (Å²) in [7, 11) is -1.80. The summed E-state index contributed by atoms with van der Waals surface area (Å²) in [5, 5.41) is 3.11. The second-order valence-corrected chi connectivity index (χ2v) is 14.1. The number of fused-ring (bicyclic) bond motifs is 2. The van der Waals surface area contributed by atoms with Gasteiger partial charge in [-0.1, -0.05) is 167 Å². The zero-order valence-electron chi connectivity index (χ0n) is 19.7. The zero-order valence-corrected chi connectivity index (χ0v) is 20.7. The molecular formula is C32H27BSi. The molecule has 0 fully saturated rings. The van der Waals surface area contributed by atoms with Gasteiger partial charge >= 0.3 is 0 Å². The van der Waals surface area contributed by atoms with Crippen molar-refractivity contribution in [2.75, 3.05) is 0 Å². The van der Waals surface area contributed by atoms with Crippen molar-refractivity contribution in [3.63, 3.8) is 0 Å². The average molecular weight is 450 g/mol. The third kappa shape index (κ3) is 3.29. The number of rotatable bonds is 3. The molecule has 0 unspecified atom stereocenters. The van der Waals surface area contributed by atoms with Gasteiger partial charge in [-0.25, -0.2) is 0 Å². The maximum absolute atomic E-state index is 2.50. The lowest BCUT2D eigenvalue weighted by Crippen LogP contribution is -2.76. The van der Waals surface area contributed by atoms with E-state index in [2.05, 4.69) is 140 Å². The van der Waals surface area contributed by atoms with Gasteiger partial charge in [-0.05, 0) is 22.3 Å². The zero-order chi connectivity index (χ0) is 23.1. The highest BCUT2D eigenvalue weighted by Crippen LogP contribution is 2.26. The van der Waals surface area contributed by atoms with Crippen LogP contribution in [0.5, 0.6) is 0 Å². The summed E-state index contributed by atoms with van der Waals surface area (Å²) in [4.78, 5) is 0. The van der Waals surface area contributed by atoms with Crippen molar-refractivity contribution in [2.24, 2.45) is 0 Å². The lowest BCUT2D eigenvalue weighted by molar-refractivity contribution is 1.61. The van der Waals surface area contributed by atoms with Crippen LogP contribution in [0, 0.1) is 0 Å². The molecule has 0 bridgehead atoms. The molecule has 0 radical (unpaired) electrons. The minimum atomic E-state index is -1.80. The minimum absolute atomic E-state index is 0.194. The van der Waals surface area contributed by atoms with Gasteiger partial charge in [0, 0.05) is 0 Å². The average Bonchev–Trinajstić information content (AvgIpc) is 2.90. The third-order valence-electron chi connectivity index (χ3n) is 7.45. The molecule has 2 heteroatoms. The van der Waals surface area contributed by atoms with E-state index in [0.29, 0.717) is 0 Å². The first-order chi connectivity index (χ1) is 16.7. The van der Waals surface area contributed by atoms with E-state index in [0.717, 1.165) is 0 Å². The first-order valence-corrected chi connectivity index (χ1v) is 15.1. The summed E-state index contributed by atoms with van der Waals surface area (Å²) in [6.07, 6.45) is 0. The Morgan fingerprint density at radius 1 is 0.441 bits per heavy atom. The lowest BCUT2D eigenvalue weighted by atomic mass is 9.35. The molecule has 162 valence electrons. The standard InChI is InChI=1S/C32H27BSi/c1-34(2)30-22-11-9-20-28(30)33(29-21-10-12-23-31(29)34)32-26(24-14-5-3-6-15-24)18-13-19-27(32)25-16-7-4-8-17-25/h3-23H,1-2H3. The molecule has 6 rings (SSSR count). The first-order valence-electron chi connectivity index (χ1n) is 12.1. The predicted molar refractivity (Wildman–Crippen MR) is 152 cm³/mol. The molecule has 0 nitrogen and oxygen atoms in total. The Morgan fingerprint density at radius 3 is 1.32 bits per heavy atom. The third-order valence-corrected chi connectivity index (χ3v) is 11.1. The largest absolute Gasteiger partial charge is 0.242 e. The van der Waals surface area contributed by atoms with Gasteiger partial charge in [0.1, 0.15) is 8.07 Å². The minimum Gasteiger partial charge on any atom is -0.0689 e. The fourth-order valence-electron chi connectivity index (χ4n) is 5.87. The van der Waals surface area contributed by atoms with Crippen LogP contribution >= 0.6 is 0 Å². The van der Waals surface area contributed by atoms with Crippen molar-refractivity contribution < 1.29 is 0 Å². The number of benzene rings is 5. The van der Waals surface area contributed by atoms with Crippen LogP contribution < -0.4 is 26.8 Å². The highest BCUT2D eigenvalue weighted by Gasteiger charge is 2.42. The molecule has 0 spiro atoms. The number of hydrogen-bond donors (Lipinski definition) is 0. The molecule has 5 aromatic rings. The van der Waals surface area contributed by atoms with Gasteiger partial charge in [-0.3, -0.25) is 0 Å². The van der Waals surface area contributed by atoms with Gasteiger partial charge in [-0.15, -0.1) is 0 Å². The van der Waals surface area contributed by atoms with E-state index in [1.165, 1.54) is 38.6 Å². The van der Waals surface area contributed by atoms with Gasteiger partial charge in [-0.2, -0.15) is 0 Å². The van der Waals surface area contributed by atoms with E-state index in [4.69, 9.17) is 0 Å². The molecule has 0 aliphatic carbocycles. The SMILES string of the molecule is C[Si]1(C)c2ccccc2B(c2c(-c3ccccc3)cccc2-c2ccccc2)c2ccccc21. The van der Waals surface area contributed by atoms with Crippen LogP contribution in [-0.4, -0.2) is 14.8 Å². The number of hydrogen-bond acceptors (Lipinski definition) is 0. The van der Waals surface area contributed by atoms with Crippen molar-refractivity contribution >= 4 is 41.5 Å². The predicted octanol–water partition coefficient (Wildman–Crippen LogP) is 4.67. The van der Waals surface area contributed by atoms with E-state index in [1.54, 1.807) is 10.4 Å². The molecule has 0 N–H and O–H groups in total. The van der Waals surface area contributed by atoms with Gasteiger partial charge in [0.15, 0.2) is 0 Å². The Hall–Kier alpha value is -3.62. The van der Waals surface area contributed by atoms with Gasteiger partial charge in [0.2, 0.25) is 6.71 Å². The molecule has 34 heavy (non-hydrogen) atoms. The Balaban J connectivity index is 1.73. The van der Waals surface area contributed by atoms with E-state index in [1.807, 2.05) is 0 Å². The summed E-state index contributed by atoms with van der Waals surface area (Å²) >= 11 is 0. The van der Waals surface area contributed by atoms with Crippen LogP contribution in [0.25, 0.3) is 22.3 Å². The second kappa shape index (κ2) is 8.31. The Bertz CT molecular complexity index is 1360. The molecule has 1 aliphatic heterocycles. The molecule has 1 heterocycles. The fourth-order valence-corrected chi connectivity index (χ4v) is 9.09. The topological polar surface area (TPSA) is 0 Å². The second-order valence-electron chi connectivity index (χ2n) is 9.73. The normalized spacial score (nSPS) is 13.8. The molecule has 0 saturated heterocycles. The first kappa shape index (κ1) is 21.0. The maximum atomic E-state index is 2.50. The lowest BCUT2D eigenvalue weighted by Gasteiger charge is -2.38. The van der Waals surface area contributed by atoms with Crippen molar-refractivity contribution in [1.82, 2.24) is 0 Å². The summed E-state index contributed by atoms with van der Waals surface area (Å²) in [5.41, 5.74) is 9.52. The Labute approximate surface area is 204 Å². The molecule has 0 amide bonds. The van der Waals surface area contributed by atoms with Gasteiger partial charge in [0.25, 0.3) is 0 Å². The molecule has 0 atom stereocenters. The van der Waals surface area contributed by atoms with Crippen LogP contribution in [0.3, 0.4) is 0 Å². The van der Waals surface area contributed by atoms with E-state index in [-0.39, 0.29) is 6.71 Å².